The molecule has 1 unspecified atom stereocenters. The van der Waals surface area contributed by atoms with Crippen molar-refractivity contribution in [1.29, 1.82) is 0 Å². The van der Waals surface area contributed by atoms with Crippen LogP contribution in [0.15, 0.2) is 34.3 Å². The molecule has 0 radical (unpaired) electrons. The molecule has 2 aliphatic heterocycles. The molecule has 3 heterocycles. The van der Waals surface area contributed by atoms with Crippen molar-refractivity contribution in [2.45, 2.75) is 52.0 Å². The summed E-state index contributed by atoms with van der Waals surface area (Å²) in [5.41, 5.74) is 0.259. The number of amides is 3. The van der Waals surface area contributed by atoms with E-state index in [0.29, 0.717) is 61.2 Å². The number of piperidine rings is 1. The third-order valence-corrected chi connectivity index (χ3v) is 9.72. The Hall–Kier alpha value is -2.65. The third-order valence-electron chi connectivity index (χ3n) is 8.94. The van der Waals surface area contributed by atoms with Gasteiger partial charge >= 0.3 is 6.09 Å². The lowest BCUT2D eigenvalue weighted by atomic mass is 9.83. The van der Waals surface area contributed by atoms with Crippen LogP contribution in [0.3, 0.4) is 0 Å². The number of nitrogens with zero attached hydrogens (tertiary/aromatic N) is 4. The predicted molar refractivity (Wildman–Crippen MR) is 149 cm³/mol. The number of aryl methyl sites for hydroxylation is 1. The highest BCUT2D eigenvalue weighted by Gasteiger charge is 2.49. The zero-order valence-corrected chi connectivity index (χ0v) is 24.6. The Balaban J connectivity index is 1.29. The van der Waals surface area contributed by atoms with Crippen molar-refractivity contribution in [2.24, 2.45) is 23.2 Å². The number of likely N-dealkylation sites (N-methyl/N-ethyl adjacent to an activating group) is 1. The van der Waals surface area contributed by atoms with E-state index in [-0.39, 0.29) is 46.8 Å². The number of likely N-dealkylation sites (tertiary alicyclic amines) is 2. The minimum atomic E-state index is -0.858. The van der Waals surface area contributed by atoms with Gasteiger partial charge in [0, 0.05) is 56.2 Å². The number of rotatable bonds is 5. The summed E-state index contributed by atoms with van der Waals surface area (Å²) < 4.78 is 19.7. The molecule has 0 spiro atoms. The number of carbonyl (C=O) groups excluding carboxylic acids is 3. The normalized spacial score (nSPS) is 26.2. The van der Waals surface area contributed by atoms with Gasteiger partial charge in [-0.3, -0.25) is 9.59 Å². The van der Waals surface area contributed by atoms with E-state index >= 15 is 0 Å². The van der Waals surface area contributed by atoms with Crippen LogP contribution in [-0.4, -0.2) is 76.9 Å². The van der Waals surface area contributed by atoms with Crippen LogP contribution < -0.4 is 4.74 Å². The summed E-state index contributed by atoms with van der Waals surface area (Å²) in [6, 6.07) is 2.56. The fourth-order valence-corrected chi connectivity index (χ4v) is 6.45. The number of hydrogen-bond donors (Lipinski definition) is 0. The van der Waals surface area contributed by atoms with Crippen LogP contribution in [0.4, 0.5) is 9.18 Å². The highest BCUT2D eigenvalue weighted by atomic mass is 35.5. The Morgan fingerprint density at radius 3 is 2.42 bits per heavy atom. The number of hydrogen-bond acceptors (Lipinski definition) is 5. The third kappa shape index (κ3) is 5.86. The molecule has 216 valence electrons. The molecule has 2 saturated heterocycles. The van der Waals surface area contributed by atoms with Gasteiger partial charge in [0.25, 0.3) is 5.95 Å². The van der Waals surface area contributed by atoms with Crippen LogP contribution in [0.2, 0.25) is 0 Å². The van der Waals surface area contributed by atoms with Crippen molar-refractivity contribution in [3.8, 4) is 5.75 Å². The molecule has 1 aromatic heterocycles. The molecule has 3 amide bonds. The van der Waals surface area contributed by atoms with Crippen molar-refractivity contribution in [3.05, 3.63) is 46.0 Å². The number of aromatic nitrogens is 1. The molecule has 0 aromatic carbocycles. The summed E-state index contributed by atoms with van der Waals surface area (Å²) in [6.07, 6.45) is 6.75. The Morgan fingerprint density at radius 1 is 1.10 bits per heavy atom. The molecule has 4 aliphatic rings. The Kier molecular flexibility index (Phi) is 8.17. The van der Waals surface area contributed by atoms with E-state index in [0.717, 1.165) is 12.8 Å². The van der Waals surface area contributed by atoms with Gasteiger partial charge < -0.3 is 19.4 Å². The summed E-state index contributed by atoms with van der Waals surface area (Å²) in [4.78, 5) is 48.5. The molecule has 0 bridgehead atoms. The van der Waals surface area contributed by atoms with E-state index in [1.807, 2.05) is 28.9 Å². The van der Waals surface area contributed by atoms with Crippen molar-refractivity contribution in [2.75, 3.05) is 33.2 Å². The van der Waals surface area contributed by atoms with Gasteiger partial charge in [-0.15, -0.1) is 0 Å². The Bertz CT molecular complexity index is 1260. The Morgan fingerprint density at radius 2 is 1.80 bits per heavy atom. The van der Waals surface area contributed by atoms with Gasteiger partial charge in [0.1, 0.15) is 0 Å². The second-order valence-electron chi connectivity index (χ2n) is 11.8. The van der Waals surface area contributed by atoms with Crippen LogP contribution >= 0.6 is 23.2 Å². The number of allylic oxidation sites excluding steroid dienone is 4. The van der Waals surface area contributed by atoms with E-state index < -0.39 is 12.0 Å². The number of carbonyl (C=O) groups is 3. The van der Waals surface area contributed by atoms with Gasteiger partial charge in [-0.25, -0.2) is 9.78 Å². The average Bonchev–Trinajstić information content (AvgIpc) is 3.54. The largest absolute Gasteiger partial charge is 0.415 e. The molecular formula is C29H35Cl2FN4O4. The highest BCUT2D eigenvalue weighted by molar-refractivity contribution is 6.44. The van der Waals surface area contributed by atoms with Crippen LogP contribution in [0, 0.1) is 36.0 Å². The first-order valence-corrected chi connectivity index (χ1v) is 14.6. The molecule has 11 heteroatoms. The van der Waals surface area contributed by atoms with Gasteiger partial charge in [0.05, 0.1) is 16.1 Å². The fraction of sp³-hybridized carbons (Fsp3) is 0.586. The molecule has 3 fully saturated rings. The van der Waals surface area contributed by atoms with E-state index in [4.69, 9.17) is 27.9 Å². The zero-order valence-electron chi connectivity index (χ0n) is 23.0. The topological polar surface area (TPSA) is 83.0 Å². The minimum Gasteiger partial charge on any atom is -0.405 e. The highest BCUT2D eigenvalue weighted by Crippen LogP contribution is 2.47. The van der Waals surface area contributed by atoms with E-state index in [1.165, 1.54) is 11.0 Å². The van der Waals surface area contributed by atoms with Gasteiger partial charge in [0.2, 0.25) is 11.8 Å². The predicted octanol–water partition coefficient (Wildman–Crippen LogP) is 5.09. The van der Waals surface area contributed by atoms with Crippen LogP contribution in [0.5, 0.6) is 5.75 Å². The van der Waals surface area contributed by atoms with Gasteiger partial charge in [-0.2, -0.15) is 4.39 Å². The van der Waals surface area contributed by atoms with Crippen molar-refractivity contribution in [1.82, 2.24) is 19.7 Å². The van der Waals surface area contributed by atoms with Crippen LogP contribution in [-0.2, 0) is 9.59 Å². The van der Waals surface area contributed by atoms with Crippen LogP contribution in [0.1, 0.15) is 44.7 Å². The van der Waals surface area contributed by atoms with Crippen molar-refractivity contribution < 1.29 is 23.5 Å². The second kappa shape index (κ2) is 11.3. The summed E-state index contributed by atoms with van der Waals surface area (Å²) in [7, 11) is 1.60. The fourth-order valence-electron chi connectivity index (χ4n) is 6.05. The summed E-state index contributed by atoms with van der Waals surface area (Å²) >= 11 is 12.6. The number of ether oxygens (including phenoxy) is 1. The quantitative estimate of drug-likeness (QED) is 0.445. The molecular weight excluding hydrogens is 558 g/mol. The zero-order chi connectivity index (χ0) is 28.8. The molecule has 3 atom stereocenters. The summed E-state index contributed by atoms with van der Waals surface area (Å²) in [5, 5.41) is 0.928. The average molecular weight is 594 g/mol. The first-order valence-electron chi connectivity index (χ1n) is 13.9. The van der Waals surface area contributed by atoms with Crippen molar-refractivity contribution in [3.63, 3.8) is 0 Å². The molecule has 8 nitrogen and oxygen atoms in total. The molecule has 0 N–H and O–H groups in total. The number of pyridine rings is 1. The van der Waals surface area contributed by atoms with E-state index in [1.54, 1.807) is 20.0 Å². The standard InChI is InChI=1S/C29H35Cl2FN4O4/c1-17-4-7-24(25(32)33-17)40-28(39)34(3)23-16-36(15-20(23)19-5-6-21(30)22(31)14-19)26(37)18-8-12-35(13-9-18)27(38)29(2)10-11-29/h4,6-7,14,18-20,23H,5,8-13,15-16H2,1-3H3/t19?,20-,23+/m0/s1. The molecule has 1 aromatic rings. The first kappa shape index (κ1) is 28.9. The maximum Gasteiger partial charge on any atom is 0.415 e. The van der Waals surface area contributed by atoms with E-state index in [9.17, 15) is 18.8 Å². The minimum absolute atomic E-state index is 0.0345. The number of halogens is 3. The van der Waals surface area contributed by atoms with Gasteiger partial charge in [-0.1, -0.05) is 42.3 Å². The lowest BCUT2D eigenvalue weighted by Crippen LogP contribution is -2.47. The Labute approximate surface area is 244 Å². The van der Waals surface area contributed by atoms with Crippen molar-refractivity contribution >= 4 is 41.1 Å². The SMILES string of the molecule is Cc1ccc(OC(=O)N(C)[C@@H]2CN(C(=O)C3CCN(C(=O)C4(C)CC4)CC3)C[C@H]2C2C=C(Cl)C(Cl)=CC2)c(F)n1. The lowest BCUT2D eigenvalue weighted by molar-refractivity contribution is -0.142. The smallest absolute Gasteiger partial charge is 0.405 e. The lowest BCUT2D eigenvalue weighted by Gasteiger charge is -2.34. The second-order valence-corrected chi connectivity index (χ2v) is 12.6. The molecule has 2 aliphatic carbocycles. The summed E-state index contributed by atoms with van der Waals surface area (Å²) in [5.74, 6) is -1.23. The van der Waals surface area contributed by atoms with Gasteiger partial charge in [-0.05, 0) is 57.1 Å². The van der Waals surface area contributed by atoms with Gasteiger partial charge in [0.15, 0.2) is 5.75 Å². The maximum absolute atomic E-state index is 14.3. The maximum atomic E-state index is 14.3. The van der Waals surface area contributed by atoms with Crippen LogP contribution in [0.25, 0.3) is 0 Å². The monoisotopic (exact) mass is 592 g/mol. The molecule has 1 saturated carbocycles. The van der Waals surface area contributed by atoms with E-state index in [2.05, 4.69) is 4.98 Å². The first-order chi connectivity index (χ1) is 19.0. The molecule has 40 heavy (non-hydrogen) atoms. The molecule has 5 rings (SSSR count). The summed E-state index contributed by atoms with van der Waals surface area (Å²) in [6.45, 7) is 5.58.